The van der Waals surface area contributed by atoms with Crippen molar-refractivity contribution >= 4 is 44.9 Å². The minimum atomic E-state index is -3.27. The molecule has 0 bridgehead atoms. The number of hydrogen-bond acceptors (Lipinski definition) is 2. The minimum Gasteiger partial charge on any atom is -0.521 e. The molecule has 18 heteroatoms. The van der Waals surface area contributed by atoms with Gasteiger partial charge in [0, 0.05) is 16.8 Å². The molecule has 0 aliphatic heterocycles. The van der Waals surface area contributed by atoms with Gasteiger partial charge in [0.25, 0.3) is 0 Å². The number of benzene rings is 6. The molecule has 0 radical (unpaired) electrons. The highest BCUT2D eigenvalue weighted by atomic mass is 19.2. The van der Waals surface area contributed by atoms with E-state index in [1.165, 1.54) is 0 Å². The molecular formula is C30H6BF15O2. The fourth-order valence-corrected chi connectivity index (χ4v) is 5.04. The molecule has 0 aromatic heterocycles. The largest absolute Gasteiger partial charge is 0.636 e. The van der Waals surface area contributed by atoms with Crippen molar-refractivity contribution in [2.75, 3.05) is 0 Å². The maximum Gasteiger partial charge on any atom is 0.636 e. The van der Waals surface area contributed by atoms with Crippen LogP contribution in [0.25, 0.3) is 32.3 Å². The van der Waals surface area contributed by atoms with Crippen molar-refractivity contribution in [3.63, 3.8) is 0 Å². The van der Waals surface area contributed by atoms with E-state index in [1.54, 1.807) is 0 Å². The topological polar surface area (TPSA) is 18.5 Å². The second kappa shape index (κ2) is 11.4. The van der Waals surface area contributed by atoms with Gasteiger partial charge in [-0.25, -0.2) is 61.5 Å². The van der Waals surface area contributed by atoms with Crippen molar-refractivity contribution < 1.29 is 75.2 Å². The summed E-state index contributed by atoms with van der Waals surface area (Å²) in [5.41, 5.74) is -2.02. The SMILES string of the molecule is Fc1cc(F)c2c(F)ccc(OB(Oc3c(F)ccc(F)c3F)c3c(F)c(F)c(F)c4c(F)c5c(F)c(F)c(F)c(F)c5c(F)c34)c2c1. The van der Waals surface area contributed by atoms with Gasteiger partial charge in [0.05, 0.1) is 27.0 Å². The second-order valence-corrected chi connectivity index (χ2v) is 9.84. The highest BCUT2D eigenvalue weighted by Crippen LogP contribution is 2.39. The van der Waals surface area contributed by atoms with Crippen molar-refractivity contribution in [3.8, 4) is 11.5 Å². The summed E-state index contributed by atoms with van der Waals surface area (Å²) in [5.74, 6) is -37.4. The first-order valence-electron chi connectivity index (χ1n) is 12.7. The molecule has 0 saturated heterocycles. The van der Waals surface area contributed by atoms with Crippen LogP contribution in [-0.2, 0) is 0 Å². The average Bonchev–Trinajstić information content (AvgIpc) is 3.03. The minimum absolute atomic E-state index is 0.183. The van der Waals surface area contributed by atoms with Crippen LogP contribution >= 0.6 is 0 Å². The van der Waals surface area contributed by atoms with Gasteiger partial charge in [-0.1, -0.05) is 0 Å². The Morgan fingerprint density at radius 1 is 0.375 bits per heavy atom. The quantitative estimate of drug-likeness (QED) is 0.0590. The molecule has 2 nitrogen and oxygen atoms in total. The Morgan fingerprint density at radius 2 is 0.875 bits per heavy atom. The lowest BCUT2D eigenvalue weighted by atomic mass is 9.74. The van der Waals surface area contributed by atoms with E-state index in [1.807, 2.05) is 0 Å². The molecule has 0 N–H and O–H groups in total. The zero-order valence-electron chi connectivity index (χ0n) is 22.5. The molecular weight excluding hydrogens is 688 g/mol. The molecule has 246 valence electrons. The molecule has 6 aromatic carbocycles. The van der Waals surface area contributed by atoms with Crippen molar-refractivity contribution in [2.45, 2.75) is 0 Å². The number of hydrogen-bond donors (Lipinski definition) is 0. The van der Waals surface area contributed by atoms with Crippen LogP contribution in [0.1, 0.15) is 0 Å². The van der Waals surface area contributed by atoms with Gasteiger partial charge in [0.15, 0.2) is 58.1 Å². The van der Waals surface area contributed by atoms with Crippen molar-refractivity contribution in [2.24, 2.45) is 0 Å². The lowest BCUT2D eigenvalue weighted by Gasteiger charge is -2.22. The standard InChI is InChI=1S/C30H6BF15O2/c32-7-5-8-13(4-3-9(33)14(8)12(36)6-7)47-31(48-30-11(35)2-1-10(34)20(30)37)19-15-16(23(40)27(44)26(19)43)22(39)18-17(21(15)38)24(41)28(45)29(46)25(18)42/h1-6H. The smallest absolute Gasteiger partial charge is 0.521 e. The van der Waals surface area contributed by atoms with E-state index in [2.05, 4.69) is 0 Å². The maximum absolute atomic E-state index is 16.0. The van der Waals surface area contributed by atoms with Crippen LogP contribution in [0.3, 0.4) is 0 Å². The van der Waals surface area contributed by atoms with Crippen molar-refractivity contribution in [3.05, 3.63) is 124 Å². The molecule has 0 aliphatic carbocycles. The summed E-state index contributed by atoms with van der Waals surface area (Å²) < 4.78 is 232. The molecule has 0 aliphatic rings. The summed E-state index contributed by atoms with van der Waals surface area (Å²) in [7, 11) is -3.27. The van der Waals surface area contributed by atoms with E-state index in [0.29, 0.717) is 18.2 Å². The molecule has 0 unspecified atom stereocenters. The molecule has 0 amide bonds. The van der Waals surface area contributed by atoms with E-state index in [9.17, 15) is 43.9 Å². The summed E-state index contributed by atoms with van der Waals surface area (Å²) in [4.78, 5) is 0. The van der Waals surface area contributed by atoms with E-state index >= 15 is 22.0 Å². The Balaban J connectivity index is 1.77. The second-order valence-electron chi connectivity index (χ2n) is 9.84. The summed E-state index contributed by atoms with van der Waals surface area (Å²) >= 11 is 0. The summed E-state index contributed by atoms with van der Waals surface area (Å²) in [5, 5.41) is -10.5. The third-order valence-electron chi connectivity index (χ3n) is 7.14. The van der Waals surface area contributed by atoms with E-state index in [-0.39, 0.29) is 18.2 Å². The first kappa shape index (κ1) is 32.6. The summed E-state index contributed by atoms with van der Waals surface area (Å²) in [6, 6.07) is 1.88. The van der Waals surface area contributed by atoms with Crippen LogP contribution in [0.5, 0.6) is 11.5 Å². The molecule has 0 spiro atoms. The summed E-state index contributed by atoms with van der Waals surface area (Å²) in [6.45, 7) is 0. The molecule has 0 atom stereocenters. The third kappa shape index (κ3) is 4.71. The number of rotatable bonds is 5. The fourth-order valence-electron chi connectivity index (χ4n) is 5.04. The van der Waals surface area contributed by atoms with Gasteiger partial charge in [-0.05, 0) is 30.3 Å². The highest BCUT2D eigenvalue weighted by Gasteiger charge is 2.42. The Hall–Kier alpha value is -5.29. The van der Waals surface area contributed by atoms with Gasteiger partial charge in [-0.3, -0.25) is 0 Å². The van der Waals surface area contributed by atoms with E-state index in [4.69, 9.17) is 9.31 Å². The molecule has 0 saturated carbocycles. The van der Waals surface area contributed by atoms with Gasteiger partial charge in [-0.2, -0.15) is 4.39 Å². The fraction of sp³-hybridized carbons (Fsp3) is 0. The first-order valence-corrected chi connectivity index (χ1v) is 12.7. The molecule has 6 aromatic rings. The Morgan fingerprint density at radius 3 is 1.48 bits per heavy atom. The van der Waals surface area contributed by atoms with Crippen molar-refractivity contribution in [1.29, 1.82) is 0 Å². The van der Waals surface area contributed by atoms with Crippen LogP contribution in [0.2, 0.25) is 0 Å². The Kier molecular flexibility index (Phi) is 7.79. The zero-order valence-corrected chi connectivity index (χ0v) is 22.5. The van der Waals surface area contributed by atoms with Gasteiger partial charge in [-0.15, -0.1) is 0 Å². The Labute approximate surface area is 255 Å². The highest BCUT2D eigenvalue weighted by molar-refractivity contribution is 6.66. The van der Waals surface area contributed by atoms with Crippen LogP contribution < -0.4 is 14.8 Å². The molecule has 6 rings (SSSR count). The van der Waals surface area contributed by atoms with Gasteiger partial charge >= 0.3 is 7.12 Å². The van der Waals surface area contributed by atoms with Crippen molar-refractivity contribution in [1.82, 2.24) is 0 Å². The Bertz CT molecular complexity index is 2380. The van der Waals surface area contributed by atoms with E-state index < -0.39 is 144 Å². The number of fused-ring (bicyclic) bond motifs is 3. The predicted octanol–water partition coefficient (Wildman–Crippen LogP) is 9.09. The third-order valence-corrected chi connectivity index (χ3v) is 7.14. The van der Waals surface area contributed by atoms with Gasteiger partial charge in [0.1, 0.15) is 34.8 Å². The van der Waals surface area contributed by atoms with Gasteiger partial charge in [0.2, 0.25) is 5.82 Å². The monoisotopic (exact) mass is 694 g/mol. The molecule has 48 heavy (non-hydrogen) atoms. The van der Waals surface area contributed by atoms with Crippen LogP contribution in [0, 0.1) is 87.3 Å². The van der Waals surface area contributed by atoms with Crippen LogP contribution in [0.4, 0.5) is 65.9 Å². The molecule has 0 heterocycles. The number of halogens is 15. The normalized spacial score (nSPS) is 11.6. The maximum atomic E-state index is 16.0. The van der Waals surface area contributed by atoms with E-state index in [0.717, 1.165) is 0 Å². The first-order chi connectivity index (χ1) is 22.6. The lowest BCUT2D eigenvalue weighted by Crippen LogP contribution is -2.46. The average molecular weight is 694 g/mol. The lowest BCUT2D eigenvalue weighted by molar-refractivity contribution is 0.381. The van der Waals surface area contributed by atoms with Gasteiger partial charge < -0.3 is 9.31 Å². The zero-order chi connectivity index (χ0) is 35.1. The summed E-state index contributed by atoms with van der Waals surface area (Å²) in [6.07, 6.45) is 0. The van der Waals surface area contributed by atoms with Crippen LogP contribution in [0.15, 0.2) is 36.4 Å². The van der Waals surface area contributed by atoms with Crippen LogP contribution in [-0.4, -0.2) is 7.12 Å². The molecule has 0 fully saturated rings. The predicted molar refractivity (Wildman–Crippen MR) is 138 cm³/mol.